The molecule has 0 saturated carbocycles. The lowest BCUT2D eigenvalue weighted by atomic mass is 9.79. The van der Waals surface area contributed by atoms with Gasteiger partial charge in [0.15, 0.2) is 0 Å². The molecular formula is C24H29NO7S. The monoisotopic (exact) mass is 475 g/mol. The van der Waals surface area contributed by atoms with Crippen LogP contribution in [0, 0.1) is 5.41 Å². The summed E-state index contributed by atoms with van der Waals surface area (Å²) in [5, 5.41) is 11.4. The SMILES string of the molecule is CC(C)(CCOC(=O)CS)[C@@H](OC(=O)NC(=O)c1ccccc1)c1ccccc1OCCO. The zero-order valence-electron chi connectivity index (χ0n) is 18.7. The summed E-state index contributed by atoms with van der Waals surface area (Å²) >= 11 is 3.89. The molecule has 0 unspecified atom stereocenters. The number of amides is 2. The van der Waals surface area contributed by atoms with Crippen molar-refractivity contribution in [1.29, 1.82) is 0 Å². The van der Waals surface area contributed by atoms with Crippen molar-refractivity contribution in [2.45, 2.75) is 26.4 Å². The lowest BCUT2D eigenvalue weighted by Crippen LogP contribution is -2.36. The van der Waals surface area contributed by atoms with E-state index in [0.717, 1.165) is 0 Å². The average molecular weight is 476 g/mol. The lowest BCUT2D eigenvalue weighted by Gasteiger charge is -2.34. The van der Waals surface area contributed by atoms with E-state index in [1.807, 2.05) is 13.8 Å². The Hall–Kier alpha value is -3.04. The topological polar surface area (TPSA) is 111 Å². The van der Waals surface area contributed by atoms with Crippen LogP contribution in [0.2, 0.25) is 0 Å². The van der Waals surface area contributed by atoms with Gasteiger partial charge in [-0.15, -0.1) is 0 Å². The van der Waals surface area contributed by atoms with E-state index in [2.05, 4.69) is 17.9 Å². The van der Waals surface area contributed by atoms with Crippen LogP contribution < -0.4 is 10.1 Å². The van der Waals surface area contributed by atoms with E-state index < -0.39 is 29.5 Å². The first-order valence-corrected chi connectivity index (χ1v) is 11.1. The molecule has 1 atom stereocenters. The normalized spacial score (nSPS) is 11.9. The third-order valence-corrected chi connectivity index (χ3v) is 5.13. The largest absolute Gasteiger partial charge is 0.491 e. The molecular weight excluding hydrogens is 446 g/mol. The van der Waals surface area contributed by atoms with Crippen molar-refractivity contribution in [3.05, 3.63) is 65.7 Å². The van der Waals surface area contributed by atoms with Gasteiger partial charge in [-0.2, -0.15) is 12.6 Å². The Kier molecular flexibility index (Phi) is 10.2. The van der Waals surface area contributed by atoms with E-state index >= 15 is 0 Å². The maximum absolute atomic E-state index is 12.7. The van der Waals surface area contributed by atoms with Crippen molar-refractivity contribution in [3.8, 4) is 5.75 Å². The molecule has 9 heteroatoms. The number of hydrogen-bond acceptors (Lipinski definition) is 8. The minimum atomic E-state index is -0.925. The summed E-state index contributed by atoms with van der Waals surface area (Å²) < 4.78 is 16.5. The standard InChI is InChI=1S/C24H29NO7S/c1-24(2,12-14-31-20(27)16-33)21(18-10-6-7-11-19(18)30-15-13-26)32-23(29)25-22(28)17-8-4-3-5-9-17/h3-11,21,26,33H,12-16H2,1-2H3,(H,25,28,29)/t21-/m0/s1. The zero-order chi connectivity index (χ0) is 24.3. The third-order valence-electron chi connectivity index (χ3n) is 4.88. The van der Waals surface area contributed by atoms with Crippen LogP contribution in [0.5, 0.6) is 5.75 Å². The Labute approximate surface area is 198 Å². The molecule has 0 radical (unpaired) electrons. The van der Waals surface area contributed by atoms with Gasteiger partial charge in [0.05, 0.1) is 19.0 Å². The molecule has 0 bridgehead atoms. The summed E-state index contributed by atoms with van der Waals surface area (Å²) in [6.45, 7) is 3.66. The van der Waals surface area contributed by atoms with Gasteiger partial charge in [-0.05, 0) is 24.6 Å². The van der Waals surface area contributed by atoms with Gasteiger partial charge in [-0.1, -0.05) is 50.2 Å². The minimum absolute atomic E-state index is 0.0395. The van der Waals surface area contributed by atoms with Crippen molar-refractivity contribution in [3.63, 3.8) is 0 Å². The molecule has 2 aromatic rings. The van der Waals surface area contributed by atoms with Gasteiger partial charge < -0.3 is 19.3 Å². The fourth-order valence-electron chi connectivity index (χ4n) is 3.12. The molecule has 178 valence electrons. The van der Waals surface area contributed by atoms with Gasteiger partial charge >= 0.3 is 12.1 Å². The van der Waals surface area contributed by atoms with Crippen molar-refractivity contribution in [2.24, 2.45) is 5.41 Å². The number of aliphatic hydroxyl groups is 1. The first kappa shape index (κ1) is 26.2. The molecule has 0 aliphatic rings. The number of imide groups is 1. The fourth-order valence-corrected chi connectivity index (χ4v) is 3.21. The van der Waals surface area contributed by atoms with Crippen LogP contribution >= 0.6 is 12.6 Å². The summed E-state index contributed by atoms with van der Waals surface area (Å²) in [6.07, 6.45) is -1.43. The smallest absolute Gasteiger partial charge is 0.414 e. The summed E-state index contributed by atoms with van der Waals surface area (Å²) in [5.41, 5.74) is 0.150. The first-order chi connectivity index (χ1) is 15.8. The number of thiol groups is 1. The first-order valence-electron chi connectivity index (χ1n) is 10.4. The number of carbonyl (C=O) groups excluding carboxylic acids is 3. The molecule has 0 saturated heterocycles. The van der Waals surface area contributed by atoms with E-state index in [0.29, 0.717) is 23.3 Å². The highest BCUT2D eigenvalue weighted by molar-refractivity contribution is 7.81. The molecule has 2 rings (SSSR count). The zero-order valence-corrected chi connectivity index (χ0v) is 19.5. The molecule has 2 amide bonds. The quantitative estimate of drug-likeness (QED) is 0.337. The van der Waals surface area contributed by atoms with Crippen LogP contribution in [0.3, 0.4) is 0 Å². The Bertz CT molecular complexity index is 933. The number of ether oxygens (including phenoxy) is 3. The molecule has 0 aliphatic heterocycles. The van der Waals surface area contributed by atoms with Crippen molar-refractivity contribution in [1.82, 2.24) is 5.32 Å². The van der Waals surface area contributed by atoms with E-state index in [1.165, 1.54) is 0 Å². The second-order valence-corrected chi connectivity index (χ2v) is 8.15. The number of aliphatic hydroxyl groups excluding tert-OH is 1. The number of carbonyl (C=O) groups is 3. The Balaban J connectivity index is 2.26. The maximum Gasteiger partial charge on any atom is 0.414 e. The molecule has 0 spiro atoms. The van der Waals surface area contributed by atoms with Gasteiger partial charge in [0.2, 0.25) is 0 Å². The molecule has 2 aromatic carbocycles. The summed E-state index contributed by atoms with van der Waals surface area (Å²) in [4.78, 5) is 36.5. The number of para-hydroxylation sites is 1. The van der Waals surface area contributed by atoms with Crippen LogP contribution in [0.1, 0.15) is 42.3 Å². The maximum atomic E-state index is 12.7. The van der Waals surface area contributed by atoms with Gasteiger partial charge in [-0.3, -0.25) is 14.9 Å². The highest BCUT2D eigenvalue weighted by atomic mass is 32.1. The number of nitrogens with one attached hydrogen (secondary N) is 1. The van der Waals surface area contributed by atoms with Crippen LogP contribution in [0.25, 0.3) is 0 Å². The molecule has 0 fully saturated rings. The number of alkyl carbamates (subject to hydrolysis) is 1. The number of benzene rings is 2. The van der Waals surface area contributed by atoms with Crippen LogP contribution in [-0.4, -0.2) is 48.6 Å². The molecule has 0 heterocycles. The van der Waals surface area contributed by atoms with E-state index in [1.54, 1.807) is 54.6 Å². The Morgan fingerprint density at radius 1 is 1.03 bits per heavy atom. The van der Waals surface area contributed by atoms with Crippen LogP contribution in [-0.2, 0) is 14.3 Å². The molecule has 33 heavy (non-hydrogen) atoms. The van der Waals surface area contributed by atoms with Gasteiger partial charge in [-0.25, -0.2) is 4.79 Å². The lowest BCUT2D eigenvalue weighted by molar-refractivity contribution is -0.141. The molecule has 0 aliphatic carbocycles. The summed E-state index contributed by atoms with van der Waals surface area (Å²) in [5.74, 6) is -0.657. The predicted molar refractivity (Wildman–Crippen MR) is 125 cm³/mol. The van der Waals surface area contributed by atoms with Crippen molar-refractivity contribution >= 4 is 30.6 Å². The predicted octanol–water partition coefficient (Wildman–Crippen LogP) is 3.55. The van der Waals surface area contributed by atoms with Crippen molar-refractivity contribution in [2.75, 3.05) is 25.6 Å². The Morgan fingerprint density at radius 3 is 2.36 bits per heavy atom. The highest BCUT2D eigenvalue weighted by Gasteiger charge is 2.36. The third kappa shape index (κ3) is 8.11. The second kappa shape index (κ2) is 12.9. The minimum Gasteiger partial charge on any atom is -0.491 e. The molecule has 8 nitrogen and oxygen atoms in total. The van der Waals surface area contributed by atoms with E-state index in [-0.39, 0.29) is 25.6 Å². The number of esters is 1. The highest BCUT2D eigenvalue weighted by Crippen LogP contribution is 2.43. The number of rotatable bonds is 11. The summed E-state index contributed by atoms with van der Waals surface area (Å²) in [6, 6.07) is 15.3. The molecule has 2 N–H and O–H groups in total. The Morgan fingerprint density at radius 2 is 1.70 bits per heavy atom. The van der Waals surface area contributed by atoms with Gasteiger partial charge in [0.25, 0.3) is 5.91 Å². The van der Waals surface area contributed by atoms with Gasteiger partial charge in [0, 0.05) is 16.5 Å². The summed E-state index contributed by atoms with van der Waals surface area (Å²) in [7, 11) is 0. The molecule has 0 aromatic heterocycles. The van der Waals surface area contributed by atoms with E-state index in [4.69, 9.17) is 19.3 Å². The average Bonchev–Trinajstić information content (AvgIpc) is 2.81. The fraction of sp³-hybridized carbons (Fsp3) is 0.375. The second-order valence-electron chi connectivity index (χ2n) is 7.83. The van der Waals surface area contributed by atoms with Crippen LogP contribution in [0.4, 0.5) is 4.79 Å². The van der Waals surface area contributed by atoms with Gasteiger partial charge in [0.1, 0.15) is 18.5 Å². The number of hydrogen-bond donors (Lipinski definition) is 3. The van der Waals surface area contributed by atoms with Crippen molar-refractivity contribution < 1.29 is 33.7 Å². The van der Waals surface area contributed by atoms with Crippen LogP contribution in [0.15, 0.2) is 54.6 Å². The van der Waals surface area contributed by atoms with E-state index in [9.17, 15) is 14.4 Å².